The molecule has 0 spiro atoms. The number of carboxylic acid groups (broad SMARTS) is 1. The number of rotatable bonds is 8. The molecule has 0 aliphatic heterocycles. The summed E-state index contributed by atoms with van der Waals surface area (Å²) in [5, 5.41) is 12.0. The van der Waals surface area contributed by atoms with Crippen molar-refractivity contribution in [2.75, 3.05) is 18.5 Å². The summed E-state index contributed by atoms with van der Waals surface area (Å²) in [5.41, 5.74) is 0.883. The van der Waals surface area contributed by atoms with Crippen LogP contribution in [0.3, 0.4) is 0 Å². The van der Waals surface area contributed by atoms with E-state index in [4.69, 9.17) is 9.84 Å². The molecule has 1 aliphatic rings. The lowest BCUT2D eigenvalue weighted by Crippen LogP contribution is -2.46. The van der Waals surface area contributed by atoms with E-state index < -0.39 is 20.7 Å². The minimum absolute atomic E-state index is 0.0122. The number of hydrogen-bond acceptors (Lipinski definition) is 5. The van der Waals surface area contributed by atoms with Gasteiger partial charge in [0.2, 0.25) is 10.0 Å². The molecule has 0 saturated heterocycles. The standard InChI is InChI=1S/C19H30N2O5S/c1-19(2,3)27(24,25)21-15-9-7-14(8-10-15)12-20-16-5-4-6-17(11-16)26-13-18(22)23/h4-6,11,14-15,20-21H,7-10,12-13H2,1-3H3,(H,22,23)/t14-,15-. The number of sulfonamides is 1. The molecule has 0 aromatic heterocycles. The first-order valence-electron chi connectivity index (χ1n) is 9.27. The predicted octanol–water partition coefficient (Wildman–Crippen LogP) is 2.84. The van der Waals surface area contributed by atoms with Gasteiger partial charge in [0.25, 0.3) is 0 Å². The van der Waals surface area contributed by atoms with Crippen LogP contribution in [0.15, 0.2) is 24.3 Å². The van der Waals surface area contributed by atoms with Gasteiger partial charge in [0, 0.05) is 24.3 Å². The van der Waals surface area contributed by atoms with Crippen LogP contribution in [0.5, 0.6) is 5.75 Å². The van der Waals surface area contributed by atoms with E-state index in [9.17, 15) is 13.2 Å². The molecule has 0 unspecified atom stereocenters. The van der Waals surface area contributed by atoms with Gasteiger partial charge in [-0.1, -0.05) is 6.07 Å². The van der Waals surface area contributed by atoms with Gasteiger partial charge < -0.3 is 15.2 Å². The van der Waals surface area contributed by atoms with Crippen LogP contribution in [0.4, 0.5) is 5.69 Å². The first-order valence-corrected chi connectivity index (χ1v) is 10.8. The monoisotopic (exact) mass is 398 g/mol. The van der Waals surface area contributed by atoms with E-state index in [1.165, 1.54) is 0 Å². The average molecular weight is 399 g/mol. The molecule has 8 heteroatoms. The van der Waals surface area contributed by atoms with Crippen LogP contribution >= 0.6 is 0 Å². The van der Waals surface area contributed by atoms with Gasteiger partial charge in [-0.25, -0.2) is 17.9 Å². The molecule has 27 heavy (non-hydrogen) atoms. The SMILES string of the molecule is CC(C)(C)S(=O)(=O)N[C@H]1CC[C@H](CNc2cccc(OCC(=O)O)c2)CC1. The Balaban J connectivity index is 1.78. The Morgan fingerprint density at radius 1 is 1.22 bits per heavy atom. The molecule has 1 aromatic rings. The first-order chi connectivity index (χ1) is 12.6. The van der Waals surface area contributed by atoms with Crippen molar-refractivity contribution in [2.45, 2.75) is 57.2 Å². The van der Waals surface area contributed by atoms with E-state index >= 15 is 0 Å². The largest absolute Gasteiger partial charge is 0.482 e. The molecule has 7 nitrogen and oxygen atoms in total. The second-order valence-corrected chi connectivity index (χ2v) is 10.5. The third-order valence-corrected chi connectivity index (χ3v) is 7.02. The quantitative estimate of drug-likeness (QED) is 0.622. The Labute approximate surface area is 161 Å². The van der Waals surface area contributed by atoms with Gasteiger partial charge in [-0.05, 0) is 64.5 Å². The summed E-state index contributed by atoms with van der Waals surface area (Å²) in [4.78, 5) is 10.6. The minimum Gasteiger partial charge on any atom is -0.482 e. The fraction of sp³-hybridized carbons (Fsp3) is 0.632. The lowest BCUT2D eigenvalue weighted by molar-refractivity contribution is -0.139. The fourth-order valence-electron chi connectivity index (χ4n) is 2.98. The Hall–Kier alpha value is -1.80. The van der Waals surface area contributed by atoms with Crippen LogP contribution in [0.1, 0.15) is 46.5 Å². The van der Waals surface area contributed by atoms with Crippen molar-refractivity contribution in [3.05, 3.63) is 24.3 Å². The third kappa shape index (κ3) is 6.70. The smallest absolute Gasteiger partial charge is 0.341 e. The maximum absolute atomic E-state index is 12.3. The van der Waals surface area contributed by atoms with Gasteiger partial charge in [-0.2, -0.15) is 0 Å². The zero-order chi connectivity index (χ0) is 20.1. The molecule has 0 heterocycles. The molecular weight excluding hydrogens is 368 g/mol. The van der Waals surface area contributed by atoms with E-state index in [2.05, 4.69) is 10.0 Å². The maximum atomic E-state index is 12.3. The van der Waals surface area contributed by atoms with Gasteiger partial charge in [0.1, 0.15) is 5.75 Å². The van der Waals surface area contributed by atoms with Gasteiger partial charge in [-0.3, -0.25) is 0 Å². The summed E-state index contributed by atoms with van der Waals surface area (Å²) in [6.07, 6.45) is 3.59. The van der Waals surface area contributed by atoms with Crippen LogP contribution < -0.4 is 14.8 Å². The second kappa shape index (κ2) is 8.93. The Morgan fingerprint density at radius 2 is 1.89 bits per heavy atom. The van der Waals surface area contributed by atoms with Gasteiger partial charge in [0.05, 0.1) is 4.75 Å². The topological polar surface area (TPSA) is 105 Å². The van der Waals surface area contributed by atoms with Crippen molar-refractivity contribution >= 4 is 21.7 Å². The van der Waals surface area contributed by atoms with Gasteiger partial charge >= 0.3 is 5.97 Å². The van der Waals surface area contributed by atoms with Crippen molar-refractivity contribution in [1.82, 2.24) is 4.72 Å². The number of anilines is 1. The van der Waals surface area contributed by atoms with E-state index in [1.807, 2.05) is 12.1 Å². The van der Waals surface area contributed by atoms with Crippen molar-refractivity contribution < 1.29 is 23.1 Å². The number of aliphatic carboxylic acids is 1. The zero-order valence-corrected chi connectivity index (χ0v) is 17.0. The van der Waals surface area contributed by atoms with Gasteiger partial charge in [-0.15, -0.1) is 0 Å². The van der Waals surface area contributed by atoms with Crippen LogP contribution in [0.2, 0.25) is 0 Å². The van der Waals surface area contributed by atoms with E-state index in [1.54, 1.807) is 32.9 Å². The minimum atomic E-state index is -3.31. The van der Waals surface area contributed by atoms with E-state index in [0.717, 1.165) is 37.9 Å². The lowest BCUT2D eigenvalue weighted by atomic mass is 9.86. The number of carbonyl (C=O) groups is 1. The summed E-state index contributed by atoms with van der Waals surface area (Å²) in [5.74, 6) is -0.0149. The fourth-order valence-corrected chi connectivity index (χ4v) is 4.01. The van der Waals surface area contributed by atoms with E-state index in [-0.39, 0.29) is 12.6 Å². The maximum Gasteiger partial charge on any atom is 0.341 e. The zero-order valence-electron chi connectivity index (χ0n) is 16.2. The molecule has 3 N–H and O–H groups in total. The molecule has 1 fully saturated rings. The highest BCUT2D eigenvalue weighted by Crippen LogP contribution is 2.27. The summed E-state index contributed by atoms with van der Waals surface area (Å²) < 4.78 is 31.8. The second-order valence-electron chi connectivity index (χ2n) is 8.04. The van der Waals surface area contributed by atoms with Crippen molar-refractivity contribution in [3.63, 3.8) is 0 Å². The van der Waals surface area contributed by atoms with Crippen molar-refractivity contribution in [3.8, 4) is 5.75 Å². The summed E-state index contributed by atoms with van der Waals surface area (Å²) in [6.45, 7) is 5.55. The van der Waals surface area contributed by atoms with Crippen LogP contribution in [-0.2, 0) is 14.8 Å². The Morgan fingerprint density at radius 3 is 2.48 bits per heavy atom. The number of ether oxygens (including phenoxy) is 1. The predicted molar refractivity (Wildman–Crippen MR) is 106 cm³/mol. The van der Waals surface area contributed by atoms with Crippen LogP contribution in [0, 0.1) is 5.92 Å². The highest BCUT2D eigenvalue weighted by molar-refractivity contribution is 7.90. The highest BCUT2D eigenvalue weighted by Gasteiger charge is 2.32. The molecule has 1 saturated carbocycles. The molecule has 1 aromatic carbocycles. The van der Waals surface area contributed by atoms with Crippen LogP contribution in [-0.4, -0.2) is 43.4 Å². The van der Waals surface area contributed by atoms with Gasteiger partial charge in [0.15, 0.2) is 6.61 Å². The summed E-state index contributed by atoms with van der Waals surface area (Å²) >= 11 is 0. The first kappa shape index (κ1) is 21.5. The lowest BCUT2D eigenvalue weighted by Gasteiger charge is -2.31. The molecule has 152 valence electrons. The van der Waals surface area contributed by atoms with Crippen LogP contribution in [0.25, 0.3) is 0 Å². The number of benzene rings is 1. The summed E-state index contributed by atoms with van der Waals surface area (Å²) in [6, 6.07) is 7.25. The van der Waals surface area contributed by atoms with Crippen molar-refractivity contribution in [1.29, 1.82) is 0 Å². The summed E-state index contributed by atoms with van der Waals surface area (Å²) in [7, 11) is -3.31. The number of hydrogen-bond donors (Lipinski definition) is 3. The van der Waals surface area contributed by atoms with E-state index in [0.29, 0.717) is 11.7 Å². The Bertz CT molecular complexity index is 735. The highest BCUT2D eigenvalue weighted by atomic mass is 32.2. The molecule has 0 amide bonds. The molecular formula is C19H30N2O5S. The Kier molecular flexibility index (Phi) is 7.11. The normalized spacial score (nSPS) is 20.9. The molecule has 2 rings (SSSR count). The molecule has 0 atom stereocenters. The molecule has 1 aliphatic carbocycles. The number of carboxylic acids is 1. The van der Waals surface area contributed by atoms with Crippen molar-refractivity contribution in [2.24, 2.45) is 5.92 Å². The average Bonchev–Trinajstić information content (AvgIpc) is 2.58. The third-order valence-electron chi connectivity index (χ3n) is 4.77. The molecule has 0 radical (unpaired) electrons. The number of nitrogens with one attached hydrogen (secondary N) is 2. The molecule has 0 bridgehead atoms.